The third kappa shape index (κ3) is 3.39. The van der Waals surface area contributed by atoms with Gasteiger partial charge in [0.25, 0.3) is 0 Å². The summed E-state index contributed by atoms with van der Waals surface area (Å²) in [6, 6.07) is 3.95. The van der Waals surface area contributed by atoms with Crippen molar-refractivity contribution in [3.63, 3.8) is 0 Å². The molecule has 0 aromatic heterocycles. The number of hydrogen-bond acceptors (Lipinski definition) is 5. The number of nitro benzene ring substituents is 1. The molecule has 0 heterocycles. The Bertz CT molecular complexity index is 593. The van der Waals surface area contributed by atoms with E-state index in [2.05, 4.69) is 0 Å². The second kappa shape index (κ2) is 4.75. The van der Waals surface area contributed by atoms with Crippen LogP contribution in [-0.2, 0) is 10.0 Å². The Morgan fingerprint density at radius 1 is 1.53 bits per heavy atom. The van der Waals surface area contributed by atoms with E-state index >= 15 is 0 Å². The highest BCUT2D eigenvalue weighted by Gasteiger charge is 2.17. The maximum atomic E-state index is 12.9. The molecule has 0 aliphatic carbocycles. The highest BCUT2D eigenvalue weighted by Crippen LogP contribution is 2.22. The normalized spacial score (nSPS) is 10.6. The molecule has 0 saturated heterocycles. The maximum absolute atomic E-state index is 12.9. The van der Waals surface area contributed by atoms with Gasteiger partial charge in [0.15, 0.2) is 5.75 Å². The summed E-state index contributed by atoms with van der Waals surface area (Å²) in [7, 11) is -3.90. The molecule has 9 heteroatoms. The molecule has 0 spiro atoms. The summed E-state index contributed by atoms with van der Waals surface area (Å²) >= 11 is 0. The number of nitrogens with zero attached hydrogens (tertiary/aromatic N) is 2. The molecule has 0 radical (unpaired) electrons. The van der Waals surface area contributed by atoms with E-state index in [-0.39, 0.29) is 5.69 Å². The Morgan fingerprint density at radius 3 is 2.71 bits per heavy atom. The average Bonchev–Trinajstić information content (AvgIpc) is 2.20. The van der Waals surface area contributed by atoms with Crippen LogP contribution in [0, 0.1) is 27.3 Å². The molecule has 0 saturated carbocycles. The Hall–Kier alpha value is -2.21. The van der Waals surface area contributed by atoms with Crippen molar-refractivity contribution in [2.75, 3.05) is 10.5 Å². The van der Waals surface area contributed by atoms with E-state index in [1.807, 2.05) is 4.72 Å². The number of nitrogens with one attached hydrogen (secondary N) is 1. The molecular formula is C8H6FN3O4S. The SMILES string of the molecule is N#CCS(=O)(=O)Nc1ccc(F)c([N+](=O)[O-])c1. The van der Waals surface area contributed by atoms with Crippen LogP contribution in [0.2, 0.25) is 0 Å². The smallest absolute Gasteiger partial charge is 0.282 e. The van der Waals surface area contributed by atoms with Crippen LogP contribution in [0.3, 0.4) is 0 Å². The molecule has 7 nitrogen and oxygen atoms in total. The van der Waals surface area contributed by atoms with E-state index in [9.17, 15) is 22.9 Å². The predicted molar refractivity (Wildman–Crippen MR) is 56.1 cm³/mol. The van der Waals surface area contributed by atoms with Crippen LogP contribution >= 0.6 is 0 Å². The number of sulfonamides is 1. The standard InChI is InChI=1S/C8H6FN3O4S/c9-7-2-1-6(5-8(7)12(13)14)11-17(15,16)4-3-10/h1-2,5,11H,4H2. The van der Waals surface area contributed by atoms with E-state index in [1.54, 1.807) is 0 Å². The molecule has 0 aliphatic rings. The van der Waals surface area contributed by atoms with Gasteiger partial charge in [-0.3, -0.25) is 14.8 Å². The molecule has 0 fully saturated rings. The van der Waals surface area contributed by atoms with Gasteiger partial charge < -0.3 is 0 Å². The summed E-state index contributed by atoms with van der Waals surface area (Å²) in [6.07, 6.45) is 0. The van der Waals surface area contributed by atoms with Crippen molar-refractivity contribution in [3.8, 4) is 6.07 Å². The van der Waals surface area contributed by atoms with Gasteiger partial charge >= 0.3 is 5.69 Å². The van der Waals surface area contributed by atoms with Crippen molar-refractivity contribution >= 4 is 21.4 Å². The van der Waals surface area contributed by atoms with Gasteiger partial charge in [-0.15, -0.1) is 0 Å². The Morgan fingerprint density at radius 2 is 2.18 bits per heavy atom. The molecule has 0 unspecified atom stereocenters. The van der Waals surface area contributed by atoms with Gasteiger partial charge in [0.2, 0.25) is 15.8 Å². The zero-order valence-electron chi connectivity index (χ0n) is 8.25. The molecule has 1 aromatic carbocycles. The third-order valence-electron chi connectivity index (χ3n) is 1.67. The van der Waals surface area contributed by atoms with E-state index < -0.39 is 32.2 Å². The van der Waals surface area contributed by atoms with Gasteiger partial charge in [-0.1, -0.05) is 0 Å². The summed E-state index contributed by atoms with van der Waals surface area (Å²) in [5.74, 6) is -1.86. The minimum Gasteiger partial charge on any atom is -0.282 e. The lowest BCUT2D eigenvalue weighted by molar-refractivity contribution is -0.387. The number of nitriles is 1. The van der Waals surface area contributed by atoms with E-state index in [0.29, 0.717) is 0 Å². The molecule has 0 aliphatic heterocycles. The van der Waals surface area contributed by atoms with E-state index in [0.717, 1.165) is 18.2 Å². The average molecular weight is 259 g/mol. The fourth-order valence-electron chi connectivity index (χ4n) is 1.02. The van der Waals surface area contributed by atoms with Crippen LogP contribution < -0.4 is 4.72 Å². The Kier molecular flexibility index (Phi) is 3.59. The summed E-state index contributed by atoms with van der Waals surface area (Å²) in [6.45, 7) is 0. The van der Waals surface area contributed by atoms with Crippen molar-refractivity contribution in [1.29, 1.82) is 5.26 Å². The minimum atomic E-state index is -3.90. The maximum Gasteiger partial charge on any atom is 0.306 e. The zero-order valence-corrected chi connectivity index (χ0v) is 9.07. The lowest BCUT2D eigenvalue weighted by Crippen LogP contribution is -2.15. The first-order valence-electron chi connectivity index (χ1n) is 4.17. The van der Waals surface area contributed by atoms with Crippen LogP contribution in [0.15, 0.2) is 18.2 Å². The largest absolute Gasteiger partial charge is 0.306 e. The van der Waals surface area contributed by atoms with Gasteiger partial charge in [-0.05, 0) is 12.1 Å². The molecule has 1 N–H and O–H groups in total. The fourth-order valence-corrected chi connectivity index (χ4v) is 1.74. The van der Waals surface area contributed by atoms with Gasteiger partial charge in [0.1, 0.15) is 0 Å². The first-order chi connectivity index (χ1) is 7.85. The number of anilines is 1. The van der Waals surface area contributed by atoms with Crippen molar-refractivity contribution in [2.24, 2.45) is 0 Å². The number of hydrogen-bond donors (Lipinski definition) is 1. The monoisotopic (exact) mass is 259 g/mol. The molecular weight excluding hydrogens is 253 g/mol. The lowest BCUT2D eigenvalue weighted by Gasteiger charge is -2.04. The summed E-state index contributed by atoms with van der Waals surface area (Å²) in [4.78, 5) is 9.43. The highest BCUT2D eigenvalue weighted by atomic mass is 32.2. The second-order valence-electron chi connectivity index (χ2n) is 2.94. The Labute approximate surface area is 95.7 Å². The molecule has 1 rings (SSSR count). The van der Waals surface area contributed by atoms with Crippen LogP contribution in [0.4, 0.5) is 15.8 Å². The van der Waals surface area contributed by atoms with Gasteiger partial charge in [-0.2, -0.15) is 9.65 Å². The molecule has 0 atom stereocenters. The second-order valence-corrected chi connectivity index (χ2v) is 4.66. The first-order valence-corrected chi connectivity index (χ1v) is 5.82. The van der Waals surface area contributed by atoms with Crippen molar-refractivity contribution in [1.82, 2.24) is 0 Å². The number of rotatable bonds is 4. The topological polar surface area (TPSA) is 113 Å². The molecule has 0 amide bonds. The van der Waals surface area contributed by atoms with Crippen molar-refractivity contribution in [2.45, 2.75) is 0 Å². The summed E-state index contributed by atoms with van der Waals surface area (Å²) in [5.41, 5.74) is -1.02. The summed E-state index contributed by atoms with van der Waals surface area (Å²) in [5, 5.41) is 18.6. The highest BCUT2D eigenvalue weighted by molar-refractivity contribution is 7.92. The van der Waals surface area contributed by atoms with Crippen LogP contribution in [-0.4, -0.2) is 19.1 Å². The third-order valence-corrected chi connectivity index (χ3v) is 2.73. The van der Waals surface area contributed by atoms with Gasteiger partial charge in [0.05, 0.1) is 16.7 Å². The molecule has 17 heavy (non-hydrogen) atoms. The minimum absolute atomic E-state index is 0.173. The molecule has 90 valence electrons. The van der Waals surface area contributed by atoms with Crippen LogP contribution in [0.25, 0.3) is 0 Å². The van der Waals surface area contributed by atoms with Crippen LogP contribution in [0.5, 0.6) is 0 Å². The molecule has 0 bridgehead atoms. The van der Waals surface area contributed by atoms with Gasteiger partial charge in [-0.25, -0.2) is 8.42 Å². The first kappa shape index (κ1) is 12.9. The summed E-state index contributed by atoms with van der Waals surface area (Å²) < 4.78 is 37.2. The van der Waals surface area contributed by atoms with Crippen molar-refractivity contribution in [3.05, 3.63) is 34.1 Å². The van der Waals surface area contributed by atoms with Crippen molar-refractivity contribution < 1.29 is 17.7 Å². The Balaban J connectivity index is 3.07. The van der Waals surface area contributed by atoms with Crippen LogP contribution in [0.1, 0.15) is 0 Å². The zero-order chi connectivity index (χ0) is 13.1. The lowest BCUT2D eigenvalue weighted by atomic mass is 10.3. The predicted octanol–water partition coefficient (Wildman–Crippen LogP) is 0.999. The molecule has 1 aromatic rings. The van der Waals surface area contributed by atoms with Gasteiger partial charge in [0, 0.05) is 6.07 Å². The number of benzene rings is 1. The van der Waals surface area contributed by atoms with E-state index in [4.69, 9.17) is 5.26 Å². The van der Waals surface area contributed by atoms with E-state index in [1.165, 1.54) is 6.07 Å². The fraction of sp³-hybridized carbons (Fsp3) is 0.125. The number of nitro groups is 1. The number of halogens is 1. The quantitative estimate of drug-likeness (QED) is 0.640.